The van der Waals surface area contributed by atoms with E-state index in [1.807, 2.05) is 0 Å². The first kappa shape index (κ1) is 15.2. The van der Waals surface area contributed by atoms with Crippen LogP contribution in [0.5, 0.6) is 0 Å². The quantitative estimate of drug-likeness (QED) is 0.747. The molecule has 0 saturated heterocycles. The molecule has 19 heavy (non-hydrogen) atoms. The van der Waals surface area contributed by atoms with Gasteiger partial charge >= 0.3 is 11.7 Å². The molecule has 1 aromatic heterocycles. The third-order valence-corrected chi connectivity index (χ3v) is 2.67. The lowest BCUT2D eigenvalue weighted by molar-refractivity contribution is -0.145. The van der Waals surface area contributed by atoms with Crippen molar-refractivity contribution in [2.24, 2.45) is 12.5 Å². The first-order chi connectivity index (χ1) is 8.70. The predicted molar refractivity (Wildman–Crippen MR) is 71.0 cm³/mol. The van der Waals surface area contributed by atoms with Crippen molar-refractivity contribution in [1.29, 1.82) is 0 Å². The van der Waals surface area contributed by atoms with Gasteiger partial charge in [0.2, 0.25) is 0 Å². The molecular weight excluding hydrogens is 248 g/mol. The van der Waals surface area contributed by atoms with Crippen molar-refractivity contribution in [3.05, 3.63) is 33.1 Å². The van der Waals surface area contributed by atoms with E-state index in [1.54, 1.807) is 0 Å². The smallest absolute Gasteiger partial charge is 0.331 e. The van der Waals surface area contributed by atoms with Gasteiger partial charge in [0.1, 0.15) is 6.54 Å². The third-order valence-electron chi connectivity index (χ3n) is 2.67. The second kappa shape index (κ2) is 5.86. The molecule has 1 rings (SSSR count). The second-order valence-corrected chi connectivity index (χ2v) is 5.65. The molecule has 1 heterocycles. The minimum atomic E-state index is -0.528. The molecule has 0 N–H and O–H groups in total. The van der Waals surface area contributed by atoms with E-state index < -0.39 is 17.2 Å². The van der Waals surface area contributed by atoms with Gasteiger partial charge in [0, 0.05) is 19.3 Å². The van der Waals surface area contributed by atoms with E-state index in [-0.39, 0.29) is 12.0 Å². The number of nitrogens with zero attached hydrogens (tertiary/aromatic N) is 2. The molecule has 0 aliphatic rings. The molecule has 0 aliphatic carbocycles. The highest BCUT2D eigenvalue weighted by atomic mass is 16.5. The summed E-state index contributed by atoms with van der Waals surface area (Å²) in [5.41, 5.74) is -0.837. The molecule has 0 aromatic carbocycles. The number of ether oxygens (including phenoxy) is 1. The van der Waals surface area contributed by atoms with Crippen molar-refractivity contribution in [2.45, 2.75) is 33.7 Å². The van der Waals surface area contributed by atoms with Gasteiger partial charge in [0.15, 0.2) is 0 Å². The minimum Gasteiger partial charge on any atom is -0.464 e. The van der Waals surface area contributed by atoms with Crippen molar-refractivity contribution in [3.8, 4) is 0 Å². The van der Waals surface area contributed by atoms with Gasteiger partial charge in [-0.2, -0.15) is 0 Å². The maximum absolute atomic E-state index is 11.7. The SMILES string of the molecule is Cn1c(=O)ccn(CC(=O)OCCC(C)(C)C)c1=O. The summed E-state index contributed by atoms with van der Waals surface area (Å²) in [6.45, 7) is 6.30. The summed E-state index contributed by atoms with van der Waals surface area (Å²) in [6, 6.07) is 1.24. The topological polar surface area (TPSA) is 70.3 Å². The largest absolute Gasteiger partial charge is 0.464 e. The predicted octanol–water partition coefficient (Wildman–Crippen LogP) is 0.526. The highest BCUT2D eigenvalue weighted by Gasteiger charge is 2.12. The van der Waals surface area contributed by atoms with E-state index in [9.17, 15) is 14.4 Å². The van der Waals surface area contributed by atoms with Crippen LogP contribution in [0.1, 0.15) is 27.2 Å². The summed E-state index contributed by atoms with van der Waals surface area (Å²) in [7, 11) is 1.37. The Bertz CT molecular complexity index is 563. The number of aromatic nitrogens is 2. The van der Waals surface area contributed by atoms with E-state index >= 15 is 0 Å². The first-order valence-corrected chi connectivity index (χ1v) is 6.13. The van der Waals surface area contributed by atoms with Crippen LogP contribution in [-0.4, -0.2) is 21.7 Å². The fourth-order valence-corrected chi connectivity index (χ4v) is 1.39. The zero-order chi connectivity index (χ0) is 14.6. The lowest BCUT2D eigenvalue weighted by Crippen LogP contribution is -2.38. The molecule has 0 aliphatic heterocycles. The summed E-state index contributed by atoms with van der Waals surface area (Å²) in [6.07, 6.45) is 2.05. The Morgan fingerprint density at radius 3 is 2.53 bits per heavy atom. The highest BCUT2D eigenvalue weighted by Crippen LogP contribution is 2.17. The zero-order valence-corrected chi connectivity index (χ0v) is 11.8. The molecule has 0 radical (unpaired) electrons. The number of carbonyl (C=O) groups is 1. The molecule has 0 unspecified atom stereocenters. The molecule has 0 saturated carbocycles. The van der Waals surface area contributed by atoms with Crippen molar-refractivity contribution in [2.75, 3.05) is 6.61 Å². The monoisotopic (exact) mass is 268 g/mol. The third kappa shape index (κ3) is 4.73. The van der Waals surface area contributed by atoms with Crippen molar-refractivity contribution >= 4 is 5.97 Å². The molecule has 6 nitrogen and oxygen atoms in total. The molecule has 0 amide bonds. The van der Waals surface area contributed by atoms with Crippen molar-refractivity contribution in [3.63, 3.8) is 0 Å². The summed E-state index contributed by atoms with van der Waals surface area (Å²) in [5.74, 6) is -0.481. The van der Waals surface area contributed by atoms with Gasteiger partial charge in [-0.3, -0.25) is 18.7 Å². The Hall–Kier alpha value is -1.85. The second-order valence-electron chi connectivity index (χ2n) is 5.65. The van der Waals surface area contributed by atoms with Gasteiger partial charge in [0.05, 0.1) is 6.61 Å². The number of hydrogen-bond donors (Lipinski definition) is 0. The Morgan fingerprint density at radius 2 is 1.95 bits per heavy atom. The van der Waals surface area contributed by atoms with Crippen LogP contribution in [0.25, 0.3) is 0 Å². The molecule has 1 aromatic rings. The summed E-state index contributed by atoms with van der Waals surface area (Å²) < 4.78 is 7.16. The van der Waals surface area contributed by atoms with Crippen LogP contribution >= 0.6 is 0 Å². The van der Waals surface area contributed by atoms with Crippen LogP contribution in [0, 0.1) is 5.41 Å². The Balaban J connectivity index is 2.61. The van der Waals surface area contributed by atoms with Crippen LogP contribution in [0.2, 0.25) is 0 Å². The summed E-state index contributed by atoms with van der Waals surface area (Å²) in [5, 5.41) is 0. The molecule has 6 heteroatoms. The van der Waals surface area contributed by atoms with Gasteiger partial charge < -0.3 is 4.74 Å². The van der Waals surface area contributed by atoms with Crippen LogP contribution < -0.4 is 11.2 Å². The lowest BCUT2D eigenvalue weighted by Gasteiger charge is -2.17. The standard InChI is InChI=1S/C13H20N2O4/c1-13(2,3)6-8-19-11(17)9-15-7-5-10(16)14(4)12(15)18/h5,7H,6,8-9H2,1-4H3. The Morgan fingerprint density at radius 1 is 1.32 bits per heavy atom. The van der Waals surface area contributed by atoms with E-state index in [4.69, 9.17) is 4.74 Å². The van der Waals surface area contributed by atoms with E-state index in [0.29, 0.717) is 6.61 Å². The van der Waals surface area contributed by atoms with E-state index in [2.05, 4.69) is 20.8 Å². The summed E-state index contributed by atoms with van der Waals surface area (Å²) in [4.78, 5) is 34.4. The number of hydrogen-bond acceptors (Lipinski definition) is 4. The van der Waals surface area contributed by atoms with Gasteiger partial charge in [0.25, 0.3) is 5.56 Å². The van der Waals surface area contributed by atoms with Crippen molar-refractivity contribution < 1.29 is 9.53 Å². The molecule has 0 atom stereocenters. The fourth-order valence-electron chi connectivity index (χ4n) is 1.39. The number of rotatable bonds is 4. The van der Waals surface area contributed by atoms with Gasteiger partial charge in [-0.25, -0.2) is 4.79 Å². The minimum absolute atomic E-state index is 0.0910. The normalized spacial score (nSPS) is 11.4. The van der Waals surface area contributed by atoms with Gasteiger partial charge in [-0.1, -0.05) is 20.8 Å². The van der Waals surface area contributed by atoms with Gasteiger partial charge in [-0.15, -0.1) is 0 Å². The maximum Gasteiger partial charge on any atom is 0.331 e. The number of carbonyl (C=O) groups excluding carboxylic acids is 1. The molecule has 106 valence electrons. The maximum atomic E-state index is 11.7. The highest BCUT2D eigenvalue weighted by molar-refractivity contribution is 5.69. The summed E-state index contributed by atoms with van der Waals surface area (Å²) >= 11 is 0. The lowest BCUT2D eigenvalue weighted by atomic mass is 9.93. The Labute approximate surface area is 111 Å². The van der Waals surface area contributed by atoms with E-state index in [0.717, 1.165) is 15.6 Å². The Kier molecular flexibility index (Phi) is 4.69. The average Bonchev–Trinajstić information content (AvgIpc) is 2.28. The fraction of sp³-hybridized carbons (Fsp3) is 0.615. The number of esters is 1. The molecule has 0 fully saturated rings. The van der Waals surface area contributed by atoms with Gasteiger partial charge in [-0.05, 0) is 11.8 Å². The van der Waals surface area contributed by atoms with Crippen LogP contribution in [0.3, 0.4) is 0 Å². The molecule has 0 spiro atoms. The van der Waals surface area contributed by atoms with E-state index in [1.165, 1.54) is 19.3 Å². The van der Waals surface area contributed by atoms with Crippen molar-refractivity contribution in [1.82, 2.24) is 9.13 Å². The molecular formula is C13H20N2O4. The molecule has 0 bridgehead atoms. The van der Waals surface area contributed by atoms with Crippen LogP contribution in [-0.2, 0) is 23.1 Å². The zero-order valence-electron chi connectivity index (χ0n) is 11.8. The average molecular weight is 268 g/mol. The van der Waals surface area contributed by atoms with Crippen LogP contribution in [0.15, 0.2) is 21.9 Å². The van der Waals surface area contributed by atoms with Crippen LogP contribution in [0.4, 0.5) is 0 Å². The first-order valence-electron chi connectivity index (χ1n) is 6.13.